The second kappa shape index (κ2) is 5.13. The van der Waals surface area contributed by atoms with Crippen LogP contribution in [0.25, 0.3) is 16.6 Å². The molecule has 1 aliphatic heterocycles. The third kappa shape index (κ3) is 2.23. The fourth-order valence-electron chi connectivity index (χ4n) is 3.28. The van der Waals surface area contributed by atoms with Gasteiger partial charge in [-0.25, -0.2) is 9.67 Å². The van der Waals surface area contributed by atoms with Crippen molar-refractivity contribution < 1.29 is 4.74 Å². The Morgan fingerprint density at radius 1 is 1.09 bits per heavy atom. The molecule has 0 unspecified atom stereocenters. The molecule has 5 heteroatoms. The van der Waals surface area contributed by atoms with Crippen LogP contribution < -0.4 is 0 Å². The summed E-state index contributed by atoms with van der Waals surface area (Å²) in [6.07, 6.45) is 6.38. The summed E-state index contributed by atoms with van der Waals surface area (Å²) in [5.41, 5.74) is 1.95. The van der Waals surface area contributed by atoms with E-state index in [2.05, 4.69) is 29.2 Å². The van der Waals surface area contributed by atoms with Crippen molar-refractivity contribution in [2.24, 2.45) is 0 Å². The summed E-state index contributed by atoms with van der Waals surface area (Å²) in [5, 5.41) is 5.94. The zero-order chi connectivity index (χ0) is 15.2. The molecule has 0 bridgehead atoms. The van der Waals surface area contributed by atoms with Crippen LogP contribution in [0.5, 0.6) is 0 Å². The van der Waals surface area contributed by atoms with Crippen LogP contribution in [-0.2, 0) is 4.74 Å². The van der Waals surface area contributed by atoms with E-state index < -0.39 is 0 Å². The highest BCUT2D eigenvalue weighted by Crippen LogP contribution is 2.40. The van der Waals surface area contributed by atoms with Gasteiger partial charge < -0.3 is 4.74 Å². The molecule has 1 aliphatic carbocycles. The van der Waals surface area contributed by atoms with E-state index in [1.807, 2.05) is 16.9 Å². The molecule has 0 N–H and O–H groups in total. The second-order valence-corrected chi connectivity index (χ2v) is 6.37. The standard InChI is InChI=1S/C18H18N4O/c1-4-12-5-2-10-19-16(12)14(6-1)22-18(15-7-3-11-23-15)20-17(21-22)13-8-9-13/h1-2,4-6,10,13,15H,3,7-9,11H2/t15-/m0/s1. The first kappa shape index (κ1) is 13.2. The van der Waals surface area contributed by atoms with Gasteiger partial charge >= 0.3 is 0 Å². The molecule has 1 saturated heterocycles. The predicted octanol–water partition coefficient (Wildman–Crippen LogP) is 3.54. The maximum Gasteiger partial charge on any atom is 0.161 e. The van der Waals surface area contributed by atoms with E-state index in [9.17, 15) is 0 Å². The molecule has 3 heterocycles. The molecule has 23 heavy (non-hydrogen) atoms. The Hall–Kier alpha value is -2.27. The van der Waals surface area contributed by atoms with Crippen LogP contribution in [0.15, 0.2) is 36.5 Å². The van der Waals surface area contributed by atoms with Crippen LogP contribution in [0.3, 0.4) is 0 Å². The Balaban J connectivity index is 1.71. The topological polar surface area (TPSA) is 52.8 Å². The van der Waals surface area contributed by atoms with Gasteiger partial charge in [0.25, 0.3) is 0 Å². The molecule has 0 amide bonds. The average molecular weight is 306 g/mol. The van der Waals surface area contributed by atoms with Gasteiger partial charge in [-0.2, -0.15) is 5.10 Å². The first-order chi connectivity index (χ1) is 11.4. The minimum atomic E-state index is 0.0500. The van der Waals surface area contributed by atoms with Gasteiger partial charge in [0, 0.05) is 24.1 Å². The van der Waals surface area contributed by atoms with Crippen molar-refractivity contribution in [3.05, 3.63) is 48.2 Å². The number of para-hydroxylation sites is 1. The van der Waals surface area contributed by atoms with E-state index in [0.29, 0.717) is 5.92 Å². The van der Waals surface area contributed by atoms with Crippen LogP contribution in [0.1, 0.15) is 49.4 Å². The Morgan fingerprint density at radius 2 is 2.00 bits per heavy atom. The van der Waals surface area contributed by atoms with Crippen LogP contribution in [-0.4, -0.2) is 26.4 Å². The van der Waals surface area contributed by atoms with E-state index >= 15 is 0 Å². The summed E-state index contributed by atoms with van der Waals surface area (Å²) in [6, 6.07) is 10.2. The number of benzene rings is 1. The summed E-state index contributed by atoms with van der Waals surface area (Å²) in [6.45, 7) is 0.810. The highest BCUT2D eigenvalue weighted by molar-refractivity contribution is 5.86. The number of ether oxygens (including phenoxy) is 1. The normalized spacial score (nSPS) is 21.1. The van der Waals surface area contributed by atoms with Crippen molar-refractivity contribution in [2.75, 3.05) is 6.61 Å². The fraction of sp³-hybridized carbons (Fsp3) is 0.389. The Kier molecular flexibility index (Phi) is 2.94. The van der Waals surface area contributed by atoms with Crippen molar-refractivity contribution in [1.82, 2.24) is 19.7 Å². The molecule has 0 radical (unpaired) electrons. The molecule has 2 aliphatic rings. The summed E-state index contributed by atoms with van der Waals surface area (Å²) >= 11 is 0. The third-order valence-corrected chi connectivity index (χ3v) is 4.65. The van der Waals surface area contributed by atoms with Crippen LogP contribution in [0.2, 0.25) is 0 Å². The first-order valence-electron chi connectivity index (χ1n) is 8.33. The van der Waals surface area contributed by atoms with Crippen LogP contribution >= 0.6 is 0 Å². The molecule has 116 valence electrons. The molecule has 1 atom stereocenters. The molecule has 2 aromatic heterocycles. The number of nitrogens with zero attached hydrogens (tertiary/aromatic N) is 4. The summed E-state index contributed by atoms with van der Waals surface area (Å²) < 4.78 is 7.85. The van der Waals surface area contributed by atoms with E-state index in [1.165, 1.54) is 12.8 Å². The van der Waals surface area contributed by atoms with Crippen molar-refractivity contribution >= 4 is 10.9 Å². The van der Waals surface area contributed by atoms with Gasteiger partial charge in [0.2, 0.25) is 0 Å². The molecule has 1 aromatic carbocycles. The number of hydrogen-bond acceptors (Lipinski definition) is 4. The van der Waals surface area contributed by atoms with Gasteiger partial charge in [-0.3, -0.25) is 4.98 Å². The van der Waals surface area contributed by atoms with Gasteiger partial charge in [0.15, 0.2) is 11.6 Å². The number of fused-ring (bicyclic) bond motifs is 1. The van der Waals surface area contributed by atoms with Crippen molar-refractivity contribution in [2.45, 2.75) is 37.7 Å². The molecule has 0 spiro atoms. The third-order valence-electron chi connectivity index (χ3n) is 4.65. The van der Waals surface area contributed by atoms with Gasteiger partial charge in [-0.05, 0) is 37.8 Å². The lowest BCUT2D eigenvalue weighted by atomic mass is 10.2. The van der Waals surface area contributed by atoms with Crippen molar-refractivity contribution in [3.63, 3.8) is 0 Å². The lowest BCUT2D eigenvalue weighted by Crippen LogP contribution is -2.09. The van der Waals surface area contributed by atoms with E-state index in [4.69, 9.17) is 14.8 Å². The molecule has 2 fully saturated rings. The number of pyridine rings is 1. The first-order valence-corrected chi connectivity index (χ1v) is 8.33. The minimum Gasteiger partial charge on any atom is -0.370 e. The van der Waals surface area contributed by atoms with E-state index in [1.54, 1.807) is 0 Å². The Morgan fingerprint density at radius 3 is 2.83 bits per heavy atom. The maximum absolute atomic E-state index is 5.88. The largest absolute Gasteiger partial charge is 0.370 e. The summed E-state index contributed by atoms with van der Waals surface area (Å²) in [4.78, 5) is 9.40. The quantitative estimate of drug-likeness (QED) is 0.742. The molecular formula is C18H18N4O. The molecule has 5 nitrogen and oxygen atoms in total. The number of rotatable bonds is 3. The van der Waals surface area contributed by atoms with Crippen molar-refractivity contribution in [1.29, 1.82) is 0 Å². The van der Waals surface area contributed by atoms with E-state index in [-0.39, 0.29) is 6.10 Å². The second-order valence-electron chi connectivity index (χ2n) is 6.37. The molecular weight excluding hydrogens is 288 g/mol. The van der Waals surface area contributed by atoms with Gasteiger partial charge in [0.05, 0.1) is 11.2 Å². The van der Waals surface area contributed by atoms with Gasteiger partial charge in [-0.1, -0.05) is 18.2 Å². The summed E-state index contributed by atoms with van der Waals surface area (Å²) in [5.74, 6) is 2.42. The van der Waals surface area contributed by atoms with E-state index in [0.717, 1.165) is 47.7 Å². The SMILES string of the molecule is c1cnc2c(-n3nc(C4CC4)nc3[C@@H]3CCCO3)cccc2c1. The number of hydrogen-bond donors (Lipinski definition) is 0. The molecule has 3 aromatic rings. The predicted molar refractivity (Wildman–Crippen MR) is 86.6 cm³/mol. The molecule has 1 saturated carbocycles. The Labute approximate surface area is 134 Å². The zero-order valence-corrected chi connectivity index (χ0v) is 12.9. The number of aromatic nitrogens is 4. The minimum absolute atomic E-state index is 0.0500. The van der Waals surface area contributed by atoms with Crippen molar-refractivity contribution in [3.8, 4) is 5.69 Å². The monoisotopic (exact) mass is 306 g/mol. The van der Waals surface area contributed by atoms with Gasteiger partial charge in [0.1, 0.15) is 6.10 Å². The lowest BCUT2D eigenvalue weighted by molar-refractivity contribution is 0.103. The maximum atomic E-state index is 5.88. The Bertz CT molecular complexity index is 857. The van der Waals surface area contributed by atoms with Crippen LogP contribution in [0, 0.1) is 0 Å². The lowest BCUT2D eigenvalue weighted by Gasteiger charge is -2.12. The van der Waals surface area contributed by atoms with Gasteiger partial charge in [-0.15, -0.1) is 0 Å². The fourth-order valence-corrected chi connectivity index (χ4v) is 3.28. The summed E-state index contributed by atoms with van der Waals surface area (Å²) in [7, 11) is 0. The zero-order valence-electron chi connectivity index (χ0n) is 12.9. The highest BCUT2D eigenvalue weighted by Gasteiger charge is 2.32. The molecule has 5 rings (SSSR count). The smallest absolute Gasteiger partial charge is 0.161 e. The van der Waals surface area contributed by atoms with Crippen LogP contribution in [0.4, 0.5) is 0 Å². The highest BCUT2D eigenvalue weighted by atomic mass is 16.5. The average Bonchev–Trinajstić information content (AvgIpc) is 3.12.